The van der Waals surface area contributed by atoms with Gasteiger partial charge >= 0.3 is 35.8 Å². The topological polar surface area (TPSA) is 176 Å². The molecule has 0 bridgehead atoms. The van der Waals surface area contributed by atoms with Gasteiger partial charge in [0, 0.05) is 40.7 Å². The SMILES string of the molecule is COC(=O)C1OC(Oc2ccc(/C=C/c3cc(OC(C)=O)cc(OC(C)=O)c3)cc2)C(OC(C)=O)C(OC(C)=O)C1OC(C)=O. The van der Waals surface area contributed by atoms with Crippen molar-refractivity contribution >= 4 is 48.0 Å². The average Bonchev–Trinajstić information content (AvgIpc) is 2.93. The van der Waals surface area contributed by atoms with E-state index in [4.69, 9.17) is 37.9 Å². The first kappa shape index (κ1) is 34.3. The standard InChI is InChI=1S/C31H32O14/c1-16(32)39-24-13-22(14-25(15-24)40-17(2)33)8-7-21-9-11-23(12-10-21)44-31-29(43-20(5)36)27(42-19(4)35)26(41-18(3)34)28(45-31)30(37)38-6/h7-15,26-29,31H,1-6H3/b8-7+. The Balaban J connectivity index is 1.88. The summed E-state index contributed by atoms with van der Waals surface area (Å²) in [5.74, 6) is -3.88. The van der Waals surface area contributed by atoms with Crippen LogP contribution in [0, 0.1) is 0 Å². The highest BCUT2D eigenvalue weighted by Crippen LogP contribution is 2.32. The Morgan fingerprint density at radius 2 is 1.09 bits per heavy atom. The van der Waals surface area contributed by atoms with Gasteiger partial charge in [-0.3, -0.25) is 24.0 Å². The minimum absolute atomic E-state index is 0.188. The number of hydrogen-bond donors (Lipinski definition) is 0. The summed E-state index contributed by atoms with van der Waals surface area (Å²) < 4.78 is 42.7. The van der Waals surface area contributed by atoms with Crippen molar-refractivity contribution in [3.8, 4) is 17.2 Å². The van der Waals surface area contributed by atoms with Gasteiger partial charge in [0.05, 0.1) is 7.11 Å². The lowest BCUT2D eigenvalue weighted by Crippen LogP contribution is -2.64. The molecule has 0 spiro atoms. The van der Waals surface area contributed by atoms with Crippen LogP contribution in [-0.4, -0.2) is 73.6 Å². The van der Waals surface area contributed by atoms with Crippen molar-refractivity contribution in [2.75, 3.05) is 7.11 Å². The third kappa shape index (κ3) is 10.2. The smallest absolute Gasteiger partial charge is 0.339 e. The van der Waals surface area contributed by atoms with Gasteiger partial charge in [0.2, 0.25) is 12.4 Å². The quantitative estimate of drug-likeness (QED) is 0.162. The first-order valence-electron chi connectivity index (χ1n) is 13.5. The Kier molecular flexibility index (Phi) is 11.8. The molecule has 5 unspecified atom stereocenters. The summed E-state index contributed by atoms with van der Waals surface area (Å²) >= 11 is 0. The zero-order valence-corrected chi connectivity index (χ0v) is 25.3. The van der Waals surface area contributed by atoms with Crippen LogP contribution in [0.3, 0.4) is 0 Å². The van der Waals surface area contributed by atoms with Crippen LogP contribution >= 0.6 is 0 Å². The van der Waals surface area contributed by atoms with E-state index in [1.807, 2.05) is 0 Å². The van der Waals surface area contributed by atoms with E-state index in [1.165, 1.54) is 19.9 Å². The molecule has 3 rings (SSSR count). The number of esters is 6. The van der Waals surface area contributed by atoms with E-state index < -0.39 is 66.5 Å². The molecule has 14 nitrogen and oxygen atoms in total. The van der Waals surface area contributed by atoms with E-state index in [0.29, 0.717) is 11.1 Å². The van der Waals surface area contributed by atoms with Gasteiger partial charge in [0.25, 0.3) is 0 Å². The molecule has 1 aliphatic rings. The summed E-state index contributed by atoms with van der Waals surface area (Å²) in [7, 11) is 1.08. The van der Waals surface area contributed by atoms with Crippen LogP contribution in [0.4, 0.5) is 0 Å². The highest BCUT2D eigenvalue weighted by atomic mass is 16.7. The van der Waals surface area contributed by atoms with E-state index in [9.17, 15) is 28.8 Å². The van der Waals surface area contributed by atoms with Gasteiger partial charge in [-0.05, 0) is 35.4 Å². The predicted octanol–water partition coefficient (Wildman–Crippen LogP) is 2.78. The average molecular weight is 629 g/mol. The molecule has 1 fully saturated rings. The highest BCUT2D eigenvalue weighted by Gasteiger charge is 2.55. The summed E-state index contributed by atoms with van der Waals surface area (Å²) in [4.78, 5) is 71.2. The van der Waals surface area contributed by atoms with Crippen LogP contribution in [0.2, 0.25) is 0 Å². The van der Waals surface area contributed by atoms with Crippen molar-refractivity contribution in [1.82, 2.24) is 0 Å². The summed E-state index contributed by atoms with van der Waals surface area (Å²) in [6.07, 6.45) is -4.14. The van der Waals surface area contributed by atoms with Gasteiger partial charge in [-0.25, -0.2) is 4.79 Å². The molecule has 240 valence electrons. The van der Waals surface area contributed by atoms with Crippen LogP contribution in [0.15, 0.2) is 42.5 Å². The lowest BCUT2D eigenvalue weighted by atomic mass is 9.97. The van der Waals surface area contributed by atoms with E-state index >= 15 is 0 Å². The molecule has 0 radical (unpaired) electrons. The second-order valence-corrected chi connectivity index (χ2v) is 9.62. The van der Waals surface area contributed by atoms with E-state index in [1.54, 1.807) is 48.6 Å². The Morgan fingerprint density at radius 3 is 1.58 bits per heavy atom. The number of benzene rings is 2. The molecular weight excluding hydrogens is 596 g/mol. The summed E-state index contributed by atoms with van der Waals surface area (Å²) in [5.41, 5.74) is 1.26. The molecule has 5 atom stereocenters. The number of carbonyl (C=O) groups excluding carboxylic acids is 6. The molecule has 1 saturated heterocycles. The van der Waals surface area contributed by atoms with E-state index in [-0.39, 0.29) is 17.2 Å². The Hall–Kier alpha value is -5.24. The zero-order valence-electron chi connectivity index (χ0n) is 25.3. The molecule has 2 aromatic rings. The summed E-state index contributed by atoms with van der Waals surface area (Å²) in [6.45, 7) is 5.76. The number of rotatable bonds is 10. The fourth-order valence-electron chi connectivity index (χ4n) is 4.30. The van der Waals surface area contributed by atoms with Crippen molar-refractivity contribution in [3.05, 3.63) is 53.6 Å². The van der Waals surface area contributed by atoms with Gasteiger partial charge in [-0.1, -0.05) is 24.3 Å². The van der Waals surface area contributed by atoms with Crippen molar-refractivity contribution < 1.29 is 66.7 Å². The van der Waals surface area contributed by atoms with Crippen molar-refractivity contribution in [2.45, 2.75) is 65.3 Å². The normalized spacial score (nSPS) is 20.8. The minimum Gasteiger partial charge on any atom is -0.467 e. The molecule has 0 amide bonds. The number of ether oxygens (including phenoxy) is 8. The fraction of sp³-hybridized carbons (Fsp3) is 0.355. The molecule has 0 aliphatic carbocycles. The largest absolute Gasteiger partial charge is 0.467 e. The monoisotopic (exact) mass is 628 g/mol. The second-order valence-electron chi connectivity index (χ2n) is 9.62. The molecule has 2 aromatic carbocycles. The number of carbonyl (C=O) groups is 6. The molecule has 0 aromatic heterocycles. The maximum Gasteiger partial charge on any atom is 0.339 e. The molecule has 0 N–H and O–H groups in total. The lowest BCUT2D eigenvalue weighted by Gasteiger charge is -2.43. The summed E-state index contributed by atoms with van der Waals surface area (Å²) in [5, 5.41) is 0. The second kappa shape index (κ2) is 15.5. The first-order chi connectivity index (χ1) is 21.2. The molecule has 14 heteroatoms. The minimum atomic E-state index is -1.60. The molecule has 1 heterocycles. The Bertz CT molecular complexity index is 1430. The summed E-state index contributed by atoms with van der Waals surface area (Å²) in [6, 6.07) is 11.0. The van der Waals surface area contributed by atoms with E-state index in [0.717, 1.165) is 27.9 Å². The zero-order chi connectivity index (χ0) is 33.3. The lowest BCUT2D eigenvalue weighted by molar-refractivity contribution is -0.282. The molecular formula is C31H32O14. The van der Waals surface area contributed by atoms with E-state index in [2.05, 4.69) is 0 Å². The van der Waals surface area contributed by atoms with Crippen LogP contribution in [0.5, 0.6) is 17.2 Å². The first-order valence-corrected chi connectivity index (χ1v) is 13.5. The third-order valence-electron chi connectivity index (χ3n) is 5.86. The Labute approximate surface area is 258 Å². The van der Waals surface area contributed by atoms with Crippen molar-refractivity contribution in [1.29, 1.82) is 0 Å². The number of hydrogen-bond acceptors (Lipinski definition) is 14. The number of methoxy groups -OCH3 is 1. The van der Waals surface area contributed by atoms with Crippen LogP contribution in [0.1, 0.15) is 45.7 Å². The van der Waals surface area contributed by atoms with Crippen LogP contribution < -0.4 is 14.2 Å². The van der Waals surface area contributed by atoms with Gasteiger partial charge in [-0.15, -0.1) is 0 Å². The van der Waals surface area contributed by atoms with Crippen LogP contribution in [0.25, 0.3) is 12.2 Å². The van der Waals surface area contributed by atoms with Crippen molar-refractivity contribution in [3.63, 3.8) is 0 Å². The maximum atomic E-state index is 12.6. The van der Waals surface area contributed by atoms with Gasteiger partial charge < -0.3 is 37.9 Å². The highest BCUT2D eigenvalue weighted by molar-refractivity contribution is 5.77. The van der Waals surface area contributed by atoms with Crippen molar-refractivity contribution in [2.24, 2.45) is 0 Å². The predicted molar refractivity (Wildman–Crippen MR) is 152 cm³/mol. The van der Waals surface area contributed by atoms with Crippen LogP contribution in [-0.2, 0) is 52.5 Å². The van der Waals surface area contributed by atoms with Gasteiger partial charge in [-0.2, -0.15) is 0 Å². The third-order valence-corrected chi connectivity index (χ3v) is 5.86. The molecule has 45 heavy (non-hydrogen) atoms. The molecule has 1 aliphatic heterocycles. The molecule has 0 saturated carbocycles. The fourth-order valence-corrected chi connectivity index (χ4v) is 4.30. The maximum absolute atomic E-state index is 12.6. The Morgan fingerprint density at radius 1 is 0.600 bits per heavy atom. The van der Waals surface area contributed by atoms with Gasteiger partial charge in [0.1, 0.15) is 17.2 Å². The van der Waals surface area contributed by atoms with Gasteiger partial charge in [0.15, 0.2) is 18.3 Å².